The van der Waals surface area contributed by atoms with E-state index in [4.69, 9.17) is 11.6 Å². The van der Waals surface area contributed by atoms with Crippen molar-refractivity contribution in [2.75, 3.05) is 11.9 Å². The summed E-state index contributed by atoms with van der Waals surface area (Å²) in [6, 6.07) is 4.82. The fraction of sp³-hybridized carbons (Fsp3) is 0.560. The highest BCUT2D eigenvalue weighted by Gasteiger charge is 2.54. The largest absolute Gasteiger partial charge is 0.310 e. The first kappa shape index (κ1) is 20.5. The van der Waals surface area contributed by atoms with E-state index >= 15 is 0 Å². The Kier molecular flexibility index (Phi) is 4.99. The molecule has 1 aromatic heterocycles. The lowest BCUT2D eigenvalue weighted by Crippen LogP contribution is -2.52. The van der Waals surface area contributed by atoms with Crippen molar-refractivity contribution in [2.45, 2.75) is 58.0 Å². The molecule has 4 fully saturated rings. The van der Waals surface area contributed by atoms with Gasteiger partial charge in [-0.25, -0.2) is 14.4 Å². The topological polar surface area (TPSA) is 58.1 Å². The van der Waals surface area contributed by atoms with Gasteiger partial charge >= 0.3 is 0 Å². The molecule has 4 saturated carbocycles. The number of benzene rings is 1. The lowest BCUT2D eigenvalue weighted by molar-refractivity contribution is -0.140. The molecule has 0 spiro atoms. The Hall–Kier alpha value is -2.05. The molecule has 1 amide bonds. The summed E-state index contributed by atoms with van der Waals surface area (Å²) in [5, 5.41) is 3.63. The van der Waals surface area contributed by atoms with Crippen LogP contribution in [0.5, 0.6) is 0 Å². The molecule has 2 heterocycles. The highest BCUT2D eigenvalue weighted by atomic mass is 35.5. The minimum absolute atomic E-state index is 0.170. The van der Waals surface area contributed by atoms with E-state index in [1.807, 2.05) is 0 Å². The van der Waals surface area contributed by atoms with Gasteiger partial charge in [-0.15, -0.1) is 0 Å². The third-order valence-electron chi connectivity index (χ3n) is 8.25. The Bertz CT molecular complexity index is 1040. The Morgan fingerprint density at radius 1 is 1.16 bits per heavy atom. The zero-order chi connectivity index (χ0) is 21.9. The van der Waals surface area contributed by atoms with Crippen LogP contribution in [0.2, 0.25) is 5.02 Å². The number of hydrogen-bond donors (Lipinski definition) is 1. The summed E-state index contributed by atoms with van der Waals surface area (Å²) in [4.78, 5) is 24.6. The summed E-state index contributed by atoms with van der Waals surface area (Å²) in [5.41, 5.74) is 2.38. The van der Waals surface area contributed by atoms with Crippen molar-refractivity contribution in [2.24, 2.45) is 23.2 Å². The molecule has 0 saturated heterocycles. The number of fused-ring (bicyclic) bond motifs is 1. The summed E-state index contributed by atoms with van der Waals surface area (Å²) < 4.78 is 14.2. The third kappa shape index (κ3) is 3.61. The van der Waals surface area contributed by atoms with E-state index in [9.17, 15) is 9.18 Å². The van der Waals surface area contributed by atoms with Gasteiger partial charge in [0, 0.05) is 35.8 Å². The van der Waals surface area contributed by atoms with Crippen LogP contribution >= 0.6 is 11.6 Å². The molecule has 0 unspecified atom stereocenters. The van der Waals surface area contributed by atoms with Crippen LogP contribution in [0.3, 0.4) is 0 Å². The fourth-order valence-electron chi connectivity index (χ4n) is 7.17. The minimum Gasteiger partial charge on any atom is -0.310 e. The number of rotatable bonds is 4. The summed E-state index contributed by atoms with van der Waals surface area (Å²) in [7, 11) is 0. The standard InChI is InChI=1S/C25H28ClFN4O/c26-19-2-1-18(21(27)8-19)12-31-4-3-20-22(13-31)28-14-29-23(20)30-24(32)25-9-15-5-16(10-25)7-17(6-15)11-25/h1-2,8,14-17H,3-7,9-13H2,(H,28,29,30,32). The summed E-state index contributed by atoms with van der Waals surface area (Å²) in [6.45, 7) is 1.88. The Morgan fingerprint density at radius 3 is 2.56 bits per heavy atom. The predicted molar refractivity (Wildman–Crippen MR) is 120 cm³/mol. The van der Waals surface area contributed by atoms with Gasteiger partial charge in [-0.1, -0.05) is 17.7 Å². The van der Waals surface area contributed by atoms with E-state index in [1.165, 1.54) is 25.3 Å². The Balaban J connectivity index is 1.18. The number of hydrogen-bond acceptors (Lipinski definition) is 4. The summed E-state index contributed by atoms with van der Waals surface area (Å²) >= 11 is 5.88. The summed E-state index contributed by atoms with van der Waals surface area (Å²) in [6.07, 6.45) is 9.36. The number of amides is 1. The van der Waals surface area contributed by atoms with E-state index in [0.29, 0.717) is 29.5 Å². The molecule has 5 aliphatic rings. The molecule has 4 aliphatic carbocycles. The molecule has 0 radical (unpaired) electrons. The average molecular weight is 455 g/mol. The Labute approximate surface area is 192 Å². The molecule has 7 heteroatoms. The lowest BCUT2D eigenvalue weighted by Gasteiger charge is -2.55. The van der Waals surface area contributed by atoms with Crippen molar-refractivity contribution in [3.8, 4) is 0 Å². The van der Waals surface area contributed by atoms with E-state index < -0.39 is 0 Å². The van der Waals surface area contributed by atoms with Crippen LogP contribution in [0.1, 0.15) is 55.3 Å². The zero-order valence-corrected chi connectivity index (χ0v) is 18.9. The molecule has 168 valence electrons. The first-order chi connectivity index (χ1) is 15.5. The molecule has 32 heavy (non-hydrogen) atoms. The number of anilines is 1. The van der Waals surface area contributed by atoms with Gasteiger partial charge in [0.1, 0.15) is 18.0 Å². The third-order valence-corrected chi connectivity index (χ3v) is 8.48. The van der Waals surface area contributed by atoms with Crippen LogP contribution in [0.4, 0.5) is 10.2 Å². The van der Waals surface area contributed by atoms with Gasteiger partial charge in [0.15, 0.2) is 0 Å². The normalized spacial score (nSPS) is 30.9. The van der Waals surface area contributed by atoms with Crippen LogP contribution < -0.4 is 5.32 Å². The van der Waals surface area contributed by atoms with Crippen LogP contribution in [0.15, 0.2) is 24.5 Å². The number of halogens is 2. The second-order valence-corrected chi connectivity index (χ2v) is 10.9. The van der Waals surface area contributed by atoms with Crippen molar-refractivity contribution < 1.29 is 9.18 Å². The van der Waals surface area contributed by atoms with Crippen molar-refractivity contribution in [1.82, 2.24) is 14.9 Å². The molecular weight excluding hydrogens is 427 g/mol. The van der Waals surface area contributed by atoms with E-state index in [0.717, 1.165) is 61.2 Å². The maximum atomic E-state index is 14.2. The van der Waals surface area contributed by atoms with Gasteiger partial charge in [-0.3, -0.25) is 9.69 Å². The smallest absolute Gasteiger partial charge is 0.231 e. The van der Waals surface area contributed by atoms with Crippen molar-refractivity contribution >= 4 is 23.3 Å². The first-order valence-electron chi connectivity index (χ1n) is 11.8. The molecule has 7 rings (SSSR count). The molecule has 1 N–H and O–H groups in total. The van der Waals surface area contributed by atoms with Crippen molar-refractivity contribution in [1.29, 1.82) is 0 Å². The van der Waals surface area contributed by atoms with Crippen LogP contribution in [0.25, 0.3) is 0 Å². The fourth-order valence-corrected chi connectivity index (χ4v) is 7.33. The first-order valence-corrected chi connectivity index (χ1v) is 12.2. The number of carbonyl (C=O) groups is 1. The molecule has 4 bridgehead atoms. The number of nitrogens with zero attached hydrogens (tertiary/aromatic N) is 3. The van der Waals surface area contributed by atoms with Gasteiger partial charge < -0.3 is 5.32 Å². The number of carbonyl (C=O) groups excluding carboxylic acids is 1. The van der Waals surface area contributed by atoms with Gasteiger partial charge in [0.25, 0.3) is 0 Å². The highest BCUT2D eigenvalue weighted by molar-refractivity contribution is 6.30. The Morgan fingerprint density at radius 2 is 1.88 bits per heavy atom. The second-order valence-electron chi connectivity index (χ2n) is 10.5. The van der Waals surface area contributed by atoms with E-state index in [-0.39, 0.29) is 17.1 Å². The molecular formula is C25H28ClFN4O. The second kappa shape index (κ2) is 7.77. The number of nitrogens with one attached hydrogen (secondary N) is 1. The highest BCUT2D eigenvalue weighted by Crippen LogP contribution is 2.60. The van der Waals surface area contributed by atoms with Crippen LogP contribution in [-0.2, 0) is 24.3 Å². The predicted octanol–water partition coefficient (Wildman–Crippen LogP) is 4.98. The van der Waals surface area contributed by atoms with Crippen molar-refractivity contribution in [3.63, 3.8) is 0 Å². The summed E-state index contributed by atoms with van der Waals surface area (Å²) in [5.74, 6) is 2.75. The van der Waals surface area contributed by atoms with Crippen LogP contribution in [0, 0.1) is 29.0 Å². The lowest BCUT2D eigenvalue weighted by atomic mass is 9.49. The quantitative estimate of drug-likeness (QED) is 0.707. The maximum Gasteiger partial charge on any atom is 0.231 e. The molecule has 2 aromatic rings. The van der Waals surface area contributed by atoms with Gasteiger partial charge in [-0.05, 0) is 74.8 Å². The maximum absolute atomic E-state index is 14.2. The van der Waals surface area contributed by atoms with Gasteiger partial charge in [-0.2, -0.15) is 0 Å². The molecule has 1 aliphatic heterocycles. The monoisotopic (exact) mass is 454 g/mol. The molecule has 1 aromatic carbocycles. The van der Waals surface area contributed by atoms with E-state index in [1.54, 1.807) is 18.5 Å². The van der Waals surface area contributed by atoms with Gasteiger partial charge in [0.05, 0.1) is 11.1 Å². The van der Waals surface area contributed by atoms with Gasteiger partial charge in [0.2, 0.25) is 5.91 Å². The zero-order valence-electron chi connectivity index (χ0n) is 18.1. The SMILES string of the molecule is O=C(Nc1ncnc2c1CCN(Cc1ccc(Cl)cc1F)C2)C12CC3CC(CC(C3)C1)C2. The number of aromatic nitrogens is 2. The molecule has 5 nitrogen and oxygen atoms in total. The minimum atomic E-state index is -0.283. The molecule has 0 atom stereocenters. The van der Waals surface area contributed by atoms with E-state index in [2.05, 4.69) is 20.2 Å². The van der Waals surface area contributed by atoms with Crippen LogP contribution in [-0.4, -0.2) is 27.3 Å². The average Bonchev–Trinajstić information content (AvgIpc) is 2.75. The van der Waals surface area contributed by atoms with Crippen molar-refractivity contribution in [3.05, 3.63) is 52.2 Å².